The SMILES string of the molecule is CN1[I-]CCCC1=O. The van der Waals surface area contributed by atoms with Crippen molar-refractivity contribution >= 4 is 5.91 Å². The standard InChI is InChI=1S/C5H9INO/c1-7-5(8)3-2-4-6-7/h2-4H2,1H3/q-1. The summed E-state index contributed by atoms with van der Waals surface area (Å²) in [5.41, 5.74) is 0. The van der Waals surface area contributed by atoms with Crippen molar-refractivity contribution in [3.63, 3.8) is 0 Å². The van der Waals surface area contributed by atoms with E-state index in [1.807, 2.05) is 10.2 Å². The maximum absolute atomic E-state index is 10.7. The molecule has 0 radical (unpaired) electrons. The normalized spacial score (nSPS) is 22.6. The second-order valence-corrected chi connectivity index (χ2v) is 4.99. The van der Waals surface area contributed by atoms with Gasteiger partial charge in [-0.25, -0.2) is 0 Å². The van der Waals surface area contributed by atoms with Crippen LogP contribution in [0.4, 0.5) is 0 Å². The summed E-state index contributed by atoms with van der Waals surface area (Å²) in [6.45, 7) is 0. The van der Waals surface area contributed by atoms with Crippen LogP contribution in [0.15, 0.2) is 0 Å². The van der Waals surface area contributed by atoms with E-state index < -0.39 is 0 Å². The van der Waals surface area contributed by atoms with Crippen molar-refractivity contribution in [3.8, 4) is 0 Å². The van der Waals surface area contributed by atoms with E-state index in [2.05, 4.69) is 0 Å². The molecule has 1 aliphatic rings. The molecule has 1 amide bonds. The molecule has 1 rings (SSSR count). The Morgan fingerprint density at radius 2 is 2.50 bits per heavy atom. The predicted octanol–water partition coefficient (Wildman–Crippen LogP) is -2.76. The minimum absolute atomic E-state index is 0.0955. The van der Waals surface area contributed by atoms with Crippen LogP contribution in [0.25, 0.3) is 0 Å². The van der Waals surface area contributed by atoms with Gasteiger partial charge in [0, 0.05) is 0 Å². The summed E-state index contributed by atoms with van der Waals surface area (Å²) in [6, 6.07) is 0. The van der Waals surface area contributed by atoms with Gasteiger partial charge in [-0.2, -0.15) is 0 Å². The van der Waals surface area contributed by atoms with Gasteiger partial charge >= 0.3 is 59.6 Å². The molecule has 1 heterocycles. The zero-order valence-electron chi connectivity index (χ0n) is 4.85. The van der Waals surface area contributed by atoms with Gasteiger partial charge in [-0.1, -0.05) is 0 Å². The van der Waals surface area contributed by atoms with Crippen molar-refractivity contribution < 1.29 is 26.3 Å². The third kappa shape index (κ3) is 1.34. The van der Waals surface area contributed by atoms with E-state index in [4.69, 9.17) is 0 Å². The van der Waals surface area contributed by atoms with Gasteiger partial charge in [0.25, 0.3) is 0 Å². The molecule has 0 spiro atoms. The van der Waals surface area contributed by atoms with Gasteiger partial charge in [-0.05, 0) is 0 Å². The molecule has 0 atom stereocenters. The fourth-order valence-electron chi connectivity index (χ4n) is 0.625. The number of alkyl halides is 1. The van der Waals surface area contributed by atoms with Crippen LogP contribution in [0.5, 0.6) is 0 Å². The molecule has 0 bridgehead atoms. The van der Waals surface area contributed by atoms with Crippen molar-refractivity contribution in [2.75, 3.05) is 11.5 Å². The number of amides is 1. The Hall–Kier alpha value is 0.200. The maximum atomic E-state index is 10.7. The summed E-state index contributed by atoms with van der Waals surface area (Å²) in [4.78, 5) is 10.7. The number of rotatable bonds is 0. The summed E-state index contributed by atoms with van der Waals surface area (Å²) in [5, 5.41) is 0. The average Bonchev–Trinajstić information content (AvgIpc) is 1.77. The van der Waals surface area contributed by atoms with Crippen molar-refractivity contribution in [2.24, 2.45) is 0 Å². The molecule has 0 unspecified atom stereocenters. The number of carbonyl (C=O) groups is 1. The van der Waals surface area contributed by atoms with Crippen molar-refractivity contribution in [1.82, 2.24) is 3.11 Å². The molecule has 0 aliphatic carbocycles. The van der Waals surface area contributed by atoms with E-state index in [0.717, 1.165) is 12.8 Å². The summed E-state index contributed by atoms with van der Waals surface area (Å²) in [7, 11) is 1.91. The second-order valence-electron chi connectivity index (χ2n) is 1.78. The number of nitrogens with zero attached hydrogens (tertiary/aromatic N) is 1. The van der Waals surface area contributed by atoms with Crippen LogP contribution in [0.1, 0.15) is 12.8 Å². The van der Waals surface area contributed by atoms with E-state index in [0.29, 0.717) is 5.91 Å². The van der Waals surface area contributed by atoms with Crippen molar-refractivity contribution in [3.05, 3.63) is 0 Å². The number of carbonyl (C=O) groups excluding carboxylic acids is 1. The Balaban J connectivity index is 2.39. The average molecular weight is 226 g/mol. The molecule has 3 heteroatoms. The zero-order valence-corrected chi connectivity index (χ0v) is 7.01. The topological polar surface area (TPSA) is 20.3 Å². The van der Waals surface area contributed by atoms with Crippen LogP contribution in [0.2, 0.25) is 0 Å². The summed E-state index contributed by atoms with van der Waals surface area (Å²) >= 11 is 0.0955. The Bertz CT molecular complexity index is 105. The van der Waals surface area contributed by atoms with Crippen LogP contribution in [0, 0.1) is 0 Å². The third-order valence-electron chi connectivity index (χ3n) is 1.13. The van der Waals surface area contributed by atoms with E-state index in [9.17, 15) is 4.79 Å². The van der Waals surface area contributed by atoms with Gasteiger partial charge in [0.2, 0.25) is 0 Å². The number of halogens is 1. The third-order valence-corrected chi connectivity index (χ3v) is 3.94. The van der Waals surface area contributed by atoms with Crippen molar-refractivity contribution in [2.45, 2.75) is 12.8 Å². The Morgan fingerprint density at radius 1 is 1.75 bits per heavy atom. The Kier molecular flexibility index (Phi) is 2.10. The van der Waals surface area contributed by atoms with E-state index >= 15 is 0 Å². The quantitative estimate of drug-likeness (QED) is 0.249. The fraction of sp³-hybridized carbons (Fsp3) is 0.800. The molecule has 0 aromatic carbocycles. The predicted molar refractivity (Wildman–Crippen MR) is 26.9 cm³/mol. The van der Waals surface area contributed by atoms with Crippen LogP contribution in [-0.4, -0.2) is 20.5 Å². The van der Waals surface area contributed by atoms with Gasteiger partial charge in [-0.3, -0.25) is 0 Å². The van der Waals surface area contributed by atoms with Gasteiger partial charge in [0.15, 0.2) is 0 Å². The van der Waals surface area contributed by atoms with E-state index in [1.165, 1.54) is 4.43 Å². The molecule has 1 saturated heterocycles. The molecule has 0 N–H and O–H groups in total. The Labute approximate surface area is 59.9 Å². The summed E-state index contributed by atoms with van der Waals surface area (Å²) in [6.07, 6.45) is 1.92. The first-order valence-electron chi connectivity index (χ1n) is 2.66. The molecule has 0 saturated carbocycles. The van der Waals surface area contributed by atoms with Crippen LogP contribution >= 0.6 is 0 Å². The zero-order chi connectivity index (χ0) is 5.98. The van der Waals surface area contributed by atoms with E-state index in [1.54, 1.807) is 0 Å². The number of hydrogen-bond acceptors (Lipinski definition) is 1. The first-order chi connectivity index (χ1) is 3.80. The molecule has 0 aromatic rings. The van der Waals surface area contributed by atoms with Crippen LogP contribution in [-0.2, 0) is 4.79 Å². The van der Waals surface area contributed by atoms with Crippen LogP contribution in [0.3, 0.4) is 0 Å². The molecule has 1 aliphatic heterocycles. The van der Waals surface area contributed by atoms with Gasteiger partial charge in [0.05, 0.1) is 0 Å². The monoisotopic (exact) mass is 226 g/mol. The molecule has 48 valence electrons. The summed E-state index contributed by atoms with van der Waals surface area (Å²) in [5.74, 6) is 0.351. The molecule has 1 fully saturated rings. The molecular formula is C5H9INO-. The first kappa shape index (κ1) is 6.32. The second kappa shape index (κ2) is 2.66. The Morgan fingerprint density at radius 3 is 2.88 bits per heavy atom. The fourth-order valence-corrected chi connectivity index (χ4v) is 2.69. The molecular weight excluding hydrogens is 217 g/mol. The van der Waals surface area contributed by atoms with Crippen LogP contribution < -0.4 is 21.5 Å². The molecule has 8 heavy (non-hydrogen) atoms. The van der Waals surface area contributed by atoms with Gasteiger partial charge < -0.3 is 0 Å². The van der Waals surface area contributed by atoms with Gasteiger partial charge in [0.1, 0.15) is 0 Å². The molecule has 0 aromatic heterocycles. The van der Waals surface area contributed by atoms with Gasteiger partial charge in [-0.15, -0.1) is 0 Å². The number of hydrogen-bond donors (Lipinski definition) is 0. The minimum atomic E-state index is 0.0955. The van der Waals surface area contributed by atoms with Crippen molar-refractivity contribution in [1.29, 1.82) is 0 Å². The molecule has 2 nitrogen and oxygen atoms in total. The van der Waals surface area contributed by atoms with E-state index in [-0.39, 0.29) is 21.5 Å². The summed E-state index contributed by atoms with van der Waals surface area (Å²) < 4.78 is 3.20. The first-order valence-corrected chi connectivity index (χ1v) is 5.16.